The van der Waals surface area contributed by atoms with Gasteiger partial charge in [0.2, 0.25) is 10.0 Å². The van der Waals surface area contributed by atoms with E-state index in [2.05, 4.69) is 20.7 Å². The monoisotopic (exact) mass is 335 g/mol. The molecule has 0 radical (unpaired) electrons. The van der Waals surface area contributed by atoms with Crippen LogP contribution in [0.4, 0.5) is 0 Å². The molecule has 0 heterocycles. The van der Waals surface area contributed by atoms with Crippen LogP contribution in [0.15, 0.2) is 33.6 Å². The molecule has 5 nitrogen and oxygen atoms in total. The van der Waals surface area contributed by atoms with Crippen molar-refractivity contribution >= 4 is 31.9 Å². The molecule has 7 heteroatoms. The van der Waals surface area contributed by atoms with Gasteiger partial charge in [0.15, 0.2) is 0 Å². The zero-order chi connectivity index (χ0) is 13.6. The fraction of sp³-hybridized carbons (Fsp3) is 0.364. The predicted molar refractivity (Wildman–Crippen MR) is 70.6 cm³/mol. The number of hydrogen-bond donors (Lipinski definition) is 1. The Balaban J connectivity index is 2.58. The molecule has 18 heavy (non-hydrogen) atoms. The highest BCUT2D eigenvalue weighted by atomic mass is 79.9. The molecule has 1 rings (SSSR count). The standard InChI is InChI=1S/C11H14BrNO4S/c1-2-17-11(14)6-7-13-18(15,16)10-5-3-4-9(12)8-10/h3-5,8,13H,2,6-7H2,1H3. The van der Waals surface area contributed by atoms with E-state index < -0.39 is 16.0 Å². The van der Waals surface area contributed by atoms with Gasteiger partial charge in [-0.1, -0.05) is 22.0 Å². The highest BCUT2D eigenvalue weighted by Crippen LogP contribution is 2.15. The van der Waals surface area contributed by atoms with Crippen LogP contribution in [-0.4, -0.2) is 27.5 Å². The largest absolute Gasteiger partial charge is 0.466 e. The minimum Gasteiger partial charge on any atom is -0.466 e. The molecule has 1 aromatic rings. The summed E-state index contributed by atoms with van der Waals surface area (Å²) in [6.07, 6.45) is 0.0150. The van der Waals surface area contributed by atoms with Crippen molar-refractivity contribution < 1.29 is 17.9 Å². The van der Waals surface area contributed by atoms with Crippen LogP contribution in [0.3, 0.4) is 0 Å². The number of carbonyl (C=O) groups excluding carboxylic acids is 1. The number of sulfonamides is 1. The van der Waals surface area contributed by atoms with Gasteiger partial charge in [-0.3, -0.25) is 4.79 Å². The van der Waals surface area contributed by atoms with E-state index in [1.807, 2.05) is 0 Å². The number of halogens is 1. The second-order valence-electron chi connectivity index (χ2n) is 3.41. The Kier molecular flexibility index (Phi) is 5.77. The molecular weight excluding hydrogens is 322 g/mol. The highest BCUT2D eigenvalue weighted by Gasteiger charge is 2.14. The van der Waals surface area contributed by atoms with Gasteiger partial charge in [0.25, 0.3) is 0 Å². The molecule has 100 valence electrons. The minimum atomic E-state index is -3.58. The van der Waals surface area contributed by atoms with Gasteiger partial charge in [-0.15, -0.1) is 0 Å². The second kappa shape index (κ2) is 6.86. The lowest BCUT2D eigenvalue weighted by Gasteiger charge is -2.06. The van der Waals surface area contributed by atoms with Gasteiger partial charge in [0.1, 0.15) is 0 Å². The van der Waals surface area contributed by atoms with E-state index in [9.17, 15) is 13.2 Å². The molecule has 0 saturated carbocycles. The molecular formula is C11H14BrNO4S. The molecule has 0 unspecified atom stereocenters. The summed E-state index contributed by atoms with van der Waals surface area (Å²) < 4.78 is 31.4. The maximum atomic E-state index is 11.8. The van der Waals surface area contributed by atoms with Crippen molar-refractivity contribution in [1.29, 1.82) is 0 Å². The fourth-order valence-electron chi connectivity index (χ4n) is 1.24. The van der Waals surface area contributed by atoms with Crippen molar-refractivity contribution in [3.05, 3.63) is 28.7 Å². The third-order valence-electron chi connectivity index (χ3n) is 2.03. The Hall–Kier alpha value is -0.920. The molecule has 0 aliphatic rings. The van der Waals surface area contributed by atoms with Crippen molar-refractivity contribution in [3.63, 3.8) is 0 Å². The summed E-state index contributed by atoms with van der Waals surface area (Å²) in [7, 11) is -3.58. The van der Waals surface area contributed by atoms with Crippen molar-refractivity contribution in [2.24, 2.45) is 0 Å². The Morgan fingerprint density at radius 3 is 2.78 bits per heavy atom. The van der Waals surface area contributed by atoms with Crippen molar-refractivity contribution in [3.8, 4) is 0 Å². The Morgan fingerprint density at radius 1 is 1.44 bits per heavy atom. The lowest BCUT2D eigenvalue weighted by Crippen LogP contribution is -2.26. The number of nitrogens with one attached hydrogen (secondary N) is 1. The second-order valence-corrected chi connectivity index (χ2v) is 6.09. The van der Waals surface area contributed by atoms with E-state index in [0.29, 0.717) is 4.47 Å². The first-order chi connectivity index (χ1) is 8.45. The van der Waals surface area contributed by atoms with Crippen LogP contribution < -0.4 is 4.72 Å². The molecule has 0 amide bonds. The van der Waals surface area contributed by atoms with Crippen LogP contribution >= 0.6 is 15.9 Å². The van der Waals surface area contributed by atoms with Gasteiger partial charge in [0, 0.05) is 11.0 Å². The SMILES string of the molecule is CCOC(=O)CCNS(=O)(=O)c1cccc(Br)c1. The van der Waals surface area contributed by atoms with E-state index in [-0.39, 0.29) is 24.5 Å². The molecule has 0 aliphatic carbocycles. The Morgan fingerprint density at radius 2 is 2.17 bits per heavy atom. The smallest absolute Gasteiger partial charge is 0.307 e. The summed E-state index contributed by atoms with van der Waals surface area (Å²) in [5.74, 6) is -0.422. The van der Waals surface area contributed by atoms with E-state index >= 15 is 0 Å². The predicted octanol–water partition coefficient (Wildman–Crippen LogP) is 1.68. The lowest BCUT2D eigenvalue weighted by molar-refractivity contribution is -0.142. The van der Waals surface area contributed by atoms with Crippen LogP contribution in [0.2, 0.25) is 0 Å². The van der Waals surface area contributed by atoms with Crippen LogP contribution in [0.5, 0.6) is 0 Å². The van der Waals surface area contributed by atoms with Gasteiger partial charge in [-0.25, -0.2) is 13.1 Å². The maximum Gasteiger partial charge on any atom is 0.307 e. The molecule has 0 spiro atoms. The molecule has 0 saturated heterocycles. The summed E-state index contributed by atoms with van der Waals surface area (Å²) in [6.45, 7) is 2.01. The van der Waals surface area contributed by atoms with Gasteiger partial charge in [0.05, 0.1) is 17.9 Å². The van der Waals surface area contributed by atoms with E-state index in [1.54, 1.807) is 19.1 Å². The molecule has 1 aromatic carbocycles. The van der Waals surface area contributed by atoms with E-state index in [1.165, 1.54) is 12.1 Å². The van der Waals surface area contributed by atoms with Crippen LogP contribution in [0.1, 0.15) is 13.3 Å². The number of hydrogen-bond acceptors (Lipinski definition) is 4. The average Bonchev–Trinajstić information content (AvgIpc) is 2.29. The van der Waals surface area contributed by atoms with Crippen LogP contribution in [0, 0.1) is 0 Å². The summed E-state index contributed by atoms with van der Waals surface area (Å²) in [6, 6.07) is 6.34. The van der Waals surface area contributed by atoms with Crippen molar-refractivity contribution in [1.82, 2.24) is 4.72 Å². The normalized spacial score (nSPS) is 11.2. The Labute approximate surface area is 115 Å². The number of rotatable bonds is 6. The zero-order valence-electron chi connectivity index (χ0n) is 9.85. The summed E-state index contributed by atoms with van der Waals surface area (Å²) in [4.78, 5) is 11.2. The third-order valence-corrected chi connectivity index (χ3v) is 3.98. The summed E-state index contributed by atoms with van der Waals surface area (Å²) in [5, 5.41) is 0. The molecule has 0 atom stereocenters. The van der Waals surface area contributed by atoms with E-state index in [4.69, 9.17) is 4.74 Å². The fourth-order valence-corrected chi connectivity index (χ4v) is 2.87. The third kappa shape index (κ3) is 4.75. The van der Waals surface area contributed by atoms with Gasteiger partial charge in [-0.2, -0.15) is 0 Å². The first kappa shape index (κ1) is 15.1. The van der Waals surface area contributed by atoms with Crippen molar-refractivity contribution in [2.45, 2.75) is 18.2 Å². The first-order valence-electron chi connectivity index (χ1n) is 5.36. The minimum absolute atomic E-state index is 0.0150. The van der Waals surface area contributed by atoms with Gasteiger partial charge < -0.3 is 4.74 Å². The number of carbonyl (C=O) groups is 1. The van der Waals surface area contributed by atoms with E-state index in [0.717, 1.165) is 0 Å². The maximum absolute atomic E-state index is 11.8. The molecule has 1 N–H and O–H groups in total. The molecule has 0 aromatic heterocycles. The zero-order valence-corrected chi connectivity index (χ0v) is 12.3. The lowest BCUT2D eigenvalue weighted by atomic mass is 10.4. The number of esters is 1. The van der Waals surface area contributed by atoms with Gasteiger partial charge >= 0.3 is 5.97 Å². The summed E-state index contributed by atoms with van der Waals surface area (Å²) in [5.41, 5.74) is 0. The first-order valence-corrected chi connectivity index (χ1v) is 7.64. The summed E-state index contributed by atoms with van der Waals surface area (Å²) >= 11 is 3.20. The molecule has 0 fully saturated rings. The topological polar surface area (TPSA) is 72.5 Å². The number of ether oxygens (including phenoxy) is 1. The molecule has 0 aliphatic heterocycles. The van der Waals surface area contributed by atoms with Gasteiger partial charge in [-0.05, 0) is 25.1 Å². The van der Waals surface area contributed by atoms with Crippen LogP contribution in [-0.2, 0) is 19.6 Å². The quantitative estimate of drug-likeness (QED) is 0.803. The molecule has 0 bridgehead atoms. The Bertz CT molecular complexity index is 516. The number of benzene rings is 1. The highest BCUT2D eigenvalue weighted by molar-refractivity contribution is 9.10. The van der Waals surface area contributed by atoms with Crippen molar-refractivity contribution in [2.75, 3.05) is 13.2 Å². The average molecular weight is 336 g/mol. The van der Waals surface area contributed by atoms with Crippen LogP contribution in [0.25, 0.3) is 0 Å².